The van der Waals surface area contributed by atoms with Gasteiger partial charge in [-0.3, -0.25) is 0 Å². The molecule has 3 aromatic rings. The molecule has 2 aromatic carbocycles. The van der Waals surface area contributed by atoms with E-state index in [2.05, 4.69) is 15.9 Å². The molecule has 0 spiro atoms. The summed E-state index contributed by atoms with van der Waals surface area (Å²) in [5.74, 6) is 2.29. The first-order chi connectivity index (χ1) is 14.6. The van der Waals surface area contributed by atoms with Gasteiger partial charge in [-0.2, -0.15) is 5.10 Å². The normalized spacial score (nSPS) is 19.6. The van der Waals surface area contributed by atoms with Crippen LogP contribution in [-0.4, -0.2) is 30.0 Å². The summed E-state index contributed by atoms with van der Waals surface area (Å²) in [6.07, 6.45) is 0.244. The molecule has 0 amide bonds. The van der Waals surface area contributed by atoms with Gasteiger partial charge in [0.1, 0.15) is 11.5 Å². The first-order valence-corrected chi connectivity index (χ1v) is 11.1. The molecule has 30 heavy (non-hydrogen) atoms. The van der Waals surface area contributed by atoms with Crippen LogP contribution in [0.25, 0.3) is 0 Å². The first kappa shape index (κ1) is 19.3. The molecule has 0 saturated carbocycles. The minimum atomic E-state index is -0.389. The third-order valence-electron chi connectivity index (χ3n) is 5.35. The molecule has 1 N–H and O–H groups in total. The average Bonchev–Trinajstić information content (AvgIpc) is 3.40. The number of methoxy groups -OCH3 is 2. The number of thiophene rings is 1. The zero-order valence-corrected chi connectivity index (χ0v) is 18.7. The Kier molecular flexibility index (Phi) is 4.83. The second-order valence-electron chi connectivity index (χ2n) is 7.05. The number of nitrogens with zero attached hydrogens (tertiary/aromatic N) is 2. The Hall–Kier alpha value is -2.71. The van der Waals surface area contributed by atoms with Crippen LogP contribution in [0.4, 0.5) is 0 Å². The average molecular weight is 487 g/mol. The second-order valence-corrected chi connectivity index (χ2v) is 8.90. The highest BCUT2D eigenvalue weighted by Crippen LogP contribution is 2.51. The monoisotopic (exact) mass is 486 g/mol. The van der Waals surface area contributed by atoms with Crippen LogP contribution in [0.1, 0.15) is 34.7 Å². The summed E-state index contributed by atoms with van der Waals surface area (Å²) in [4.78, 5) is 1.03. The standard InChI is InChI=1S/C22H19BrN2O4S/c1-27-13-6-7-18(26)15(9-13)16-10-17-14-4-3-5-19(28-2)21(14)29-22(25(17)24-16)20-8-12(23)11-30-20/h3-9,11,17,22,26H,10H2,1-2H3. The fraction of sp³-hybridized carbons (Fsp3) is 0.227. The fourth-order valence-corrected chi connectivity index (χ4v) is 5.39. The molecule has 0 fully saturated rings. The Morgan fingerprint density at radius 2 is 2.07 bits per heavy atom. The predicted octanol–water partition coefficient (Wildman–Crippen LogP) is 5.48. The van der Waals surface area contributed by atoms with Crippen LogP contribution in [0.5, 0.6) is 23.0 Å². The van der Waals surface area contributed by atoms with E-state index in [-0.39, 0.29) is 18.0 Å². The molecule has 2 unspecified atom stereocenters. The van der Waals surface area contributed by atoms with Crippen molar-refractivity contribution in [3.63, 3.8) is 0 Å². The van der Waals surface area contributed by atoms with E-state index in [4.69, 9.17) is 19.3 Å². The molecular formula is C22H19BrN2O4S. The SMILES string of the molecule is COc1ccc(O)c(C2=NN3C(C2)c2cccc(OC)c2OC3c2cc(Br)cs2)c1. The second kappa shape index (κ2) is 7.52. The number of ether oxygens (including phenoxy) is 3. The van der Waals surface area contributed by atoms with E-state index < -0.39 is 0 Å². The molecule has 0 radical (unpaired) electrons. The van der Waals surface area contributed by atoms with Crippen LogP contribution in [0.15, 0.2) is 57.4 Å². The van der Waals surface area contributed by atoms with Gasteiger partial charge < -0.3 is 19.3 Å². The number of hydrogen-bond acceptors (Lipinski definition) is 7. The number of fused-ring (bicyclic) bond motifs is 3. The van der Waals surface area contributed by atoms with E-state index >= 15 is 0 Å². The molecule has 5 rings (SSSR count). The van der Waals surface area contributed by atoms with Gasteiger partial charge in [-0.15, -0.1) is 11.3 Å². The predicted molar refractivity (Wildman–Crippen MR) is 119 cm³/mol. The maximum absolute atomic E-state index is 10.5. The van der Waals surface area contributed by atoms with Crippen LogP contribution in [0.2, 0.25) is 0 Å². The molecule has 2 aliphatic heterocycles. The Balaban J connectivity index is 1.63. The van der Waals surface area contributed by atoms with Crippen LogP contribution in [-0.2, 0) is 0 Å². The van der Waals surface area contributed by atoms with E-state index in [0.717, 1.165) is 26.4 Å². The molecule has 6 nitrogen and oxygen atoms in total. The van der Waals surface area contributed by atoms with Gasteiger partial charge >= 0.3 is 0 Å². The zero-order valence-electron chi connectivity index (χ0n) is 16.3. The third kappa shape index (κ3) is 3.11. The van der Waals surface area contributed by atoms with E-state index in [9.17, 15) is 5.11 Å². The maximum atomic E-state index is 10.5. The number of benzene rings is 2. The Morgan fingerprint density at radius 1 is 1.20 bits per heavy atom. The van der Waals surface area contributed by atoms with Gasteiger partial charge in [-0.1, -0.05) is 12.1 Å². The number of hydrazone groups is 1. The Morgan fingerprint density at radius 3 is 2.80 bits per heavy atom. The molecule has 2 atom stereocenters. The number of phenolic OH excluding ortho intramolecular Hbond substituents is 1. The van der Waals surface area contributed by atoms with Crippen molar-refractivity contribution in [3.8, 4) is 23.0 Å². The van der Waals surface area contributed by atoms with Crippen LogP contribution in [0, 0.1) is 0 Å². The van der Waals surface area contributed by atoms with Gasteiger partial charge in [0.25, 0.3) is 0 Å². The third-order valence-corrected chi connectivity index (χ3v) is 7.07. The lowest BCUT2D eigenvalue weighted by atomic mass is 9.95. The summed E-state index contributed by atoms with van der Waals surface area (Å²) in [7, 11) is 3.25. The zero-order chi connectivity index (χ0) is 20.8. The lowest BCUT2D eigenvalue weighted by Crippen LogP contribution is -2.33. The largest absolute Gasteiger partial charge is 0.507 e. The van der Waals surface area contributed by atoms with Crippen molar-refractivity contribution in [2.24, 2.45) is 5.10 Å². The summed E-state index contributed by atoms with van der Waals surface area (Å²) >= 11 is 5.14. The number of halogens is 1. The van der Waals surface area contributed by atoms with Crippen molar-refractivity contribution in [1.82, 2.24) is 5.01 Å². The first-order valence-electron chi connectivity index (χ1n) is 9.39. The number of hydrogen-bond donors (Lipinski definition) is 1. The molecule has 0 bridgehead atoms. The highest BCUT2D eigenvalue weighted by Gasteiger charge is 2.43. The summed E-state index contributed by atoms with van der Waals surface area (Å²) in [6.45, 7) is 0. The number of phenols is 1. The summed E-state index contributed by atoms with van der Waals surface area (Å²) < 4.78 is 18.3. The Labute approximate surface area is 186 Å². The van der Waals surface area contributed by atoms with Crippen molar-refractivity contribution in [2.45, 2.75) is 18.7 Å². The number of para-hydroxylation sites is 1. The van der Waals surface area contributed by atoms with E-state index in [1.807, 2.05) is 40.7 Å². The van der Waals surface area contributed by atoms with Gasteiger partial charge in [0.15, 0.2) is 11.5 Å². The van der Waals surface area contributed by atoms with Gasteiger partial charge in [0, 0.05) is 27.4 Å². The van der Waals surface area contributed by atoms with Crippen molar-refractivity contribution in [3.05, 3.63) is 68.3 Å². The lowest BCUT2D eigenvalue weighted by Gasteiger charge is -2.38. The molecule has 154 valence electrons. The Bertz CT molecular complexity index is 1150. The topological polar surface area (TPSA) is 63.5 Å². The van der Waals surface area contributed by atoms with E-state index in [1.54, 1.807) is 37.7 Å². The molecule has 0 saturated heterocycles. The van der Waals surface area contributed by atoms with E-state index in [0.29, 0.717) is 23.5 Å². The van der Waals surface area contributed by atoms with Crippen molar-refractivity contribution >= 4 is 33.0 Å². The molecule has 1 aromatic heterocycles. The maximum Gasteiger partial charge on any atom is 0.223 e. The smallest absolute Gasteiger partial charge is 0.223 e. The number of rotatable bonds is 4. The van der Waals surface area contributed by atoms with Gasteiger partial charge in [-0.25, -0.2) is 5.01 Å². The van der Waals surface area contributed by atoms with Crippen LogP contribution < -0.4 is 14.2 Å². The van der Waals surface area contributed by atoms with Crippen LogP contribution in [0.3, 0.4) is 0 Å². The van der Waals surface area contributed by atoms with Gasteiger partial charge in [0.2, 0.25) is 6.23 Å². The highest BCUT2D eigenvalue weighted by atomic mass is 79.9. The summed E-state index contributed by atoms with van der Waals surface area (Å²) in [5.41, 5.74) is 2.47. The molecule has 8 heteroatoms. The number of aromatic hydroxyl groups is 1. The van der Waals surface area contributed by atoms with Crippen molar-refractivity contribution in [1.29, 1.82) is 0 Å². The van der Waals surface area contributed by atoms with Crippen LogP contribution >= 0.6 is 27.3 Å². The van der Waals surface area contributed by atoms with E-state index in [1.165, 1.54) is 0 Å². The van der Waals surface area contributed by atoms with Crippen molar-refractivity contribution in [2.75, 3.05) is 14.2 Å². The van der Waals surface area contributed by atoms with Gasteiger partial charge in [-0.05, 0) is 46.3 Å². The molecule has 2 aliphatic rings. The summed E-state index contributed by atoms with van der Waals surface area (Å²) in [5, 5.41) is 19.4. The lowest BCUT2D eigenvalue weighted by molar-refractivity contribution is -0.0185. The van der Waals surface area contributed by atoms with Crippen molar-refractivity contribution < 1.29 is 19.3 Å². The summed E-state index contributed by atoms with van der Waals surface area (Å²) in [6, 6.07) is 13.1. The minimum absolute atomic E-state index is 0.0321. The fourth-order valence-electron chi connectivity index (χ4n) is 3.93. The van der Waals surface area contributed by atoms with Gasteiger partial charge in [0.05, 0.1) is 30.9 Å². The molecule has 3 heterocycles. The quantitative estimate of drug-likeness (QED) is 0.529. The molecule has 0 aliphatic carbocycles. The highest BCUT2D eigenvalue weighted by molar-refractivity contribution is 9.10. The molecular weight excluding hydrogens is 468 g/mol. The minimum Gasteiger partial charge on any atom is -0.507 e.